The van der Waals surface area contributed by atoms with E-state index in [1.54, 1.807) is 11.8 Å². The van der Waals surface area contributed by atoms with Gasteiger partial charge in [0.2, 0.25) is 0 Å². The van der Waals surface area contributed by atoms with E-state index < -0.39 is 0 Å². The molecule has 1 atom stereocenters. The molecular formula is C15H10N2S. The van der Waals surface area contributed by atoms with E-state index in [-0.39, 0.29) is 5.25 Å². The van der Waals surface area contributed by atoms with Gasteiger partial charge in [-0.25, -0.2) is 4.99 Å². The maximum Gasteiger partial charge on any atom is 0.139 e. The number of thioether (sulfide) groups is 1. The van der Waals surface area contributed by atoms with Crippen LogP contribution in [0, 0.1) is 11.3 Å². The average molecular weight is 250 g/mol. The quantitative estimate of drug-likeness (QED) is 0.771. The van der Waals surface area contributed by atoms with Crippen molar-refractivity contribution in [2.75, 3.05) is 0 Å². The van der Waals surface area contributed by atoms with E-state index in [0.29, 0.717) is 0 Å². The SMILES string of the molecule is N#CC1Sc2ccccc2N=C1c1ccccc1. The zero-order chi connectivity index (χ0) is 12.4. The Hall–Kier alpha value is -2.05. The molecule has 0 amide bonds. The van der Waals surface area contributed by atoms with Crippen molar-refractivity contribution in [2.24, 2.45) is 4.99 Å². The van der Waals surface area contributed by atoms with Crippen molar-refractivity contribution in [1.82, 2.24) is 0 Å². The fraction of sp³-hybridized carbons (Fsp3) is 0.0667. The van der Waals surface area contributed by atoms with Gasteiger partial charge in [0.1, 0.15) is 5.25 Å². The number of benzene rings is 2. The molecule has 0 saturated heterocycles. The van der Waals surface area contributed by atoms with Crippen molar-refractivity contribution in [2.45, 2.75) is 10.1 Å². The highest BCUT2D eigenvalue weighted by Gasteiger charge is 2.24. The highest BCUT2D eigenvalue weighted by Crippen LogP contribution is 2.38. The molecule has 0 fully saturated rings. The fourth-order valence-electron chi connectivity index (χ4n) is 1.93. The molecule has 0 spiro atoms. The Labute approximate surface area is 110 Å². The third kappa shape index (κ3) is 1.92. The second-order valence-electron chi connectivity index (χ2n) is 3.96. The van der Waals surface area contributed by atoms with Crippen LogP contribution in [-0.2, 0) is 0 Å². The number of nitriles is 1. The van der Waals surface area contributed by atoms with Crippen LogP contribution in [0.5, 0.6) is 0 Å². The molecule has 0 N–H and O–H groups in total. The van der Waals surface area contributed by atoms with Gasteiger partial charge in [0.05, 0.1) is 17.5 Å². The largest absolute Gasteiger partial charge is 0.249 e. The first-order valence-corrected chi connectivity index (χ1v) is 6.56. The summed E-state index contributed by atoms with van der Waals surface area (Å²) in [6.45, 7) is 0. The lowest BCUT2D eigenvalue weighted by Crippen LogP contribution is -2.18. The lowest BCUT2D eigenvalue weighted by atomic mass is 10.1. The van der Waals surface area contributed by atoms with Gasteiger partial charge < -0.3 is 0 Å². The van der Waals surface area contributed by atoms with Crippen molar-refractivity contribution in [1.29, 1.82) is 5.26 Å². The van der Waals surface area contributed by atoms with Crippen LogP contribution in [0.3, 0.4) is 0 Å². The van der Waals surface area contributed by atoms with Crippen LogP contribution in [0.1, 0.15) is 5.56 Å². The topological polar surface area (TPSA) is 36.1 Å². The molecule has 0 aromatic heterocycles. The van der Waals surface area contributed by atoms with E-state index in [2.05, 4.69) is 11.1 Å². The van der Waals surface area contributed by atoms with Crippen LogP contribution in [0.2, 0.25) is 0 Å². The molecule has 18 heavy (non-hydrogen) atoms. The standard InChI is InChI=1S/C15H10N2S/c16-10-14-15(11-6-2-1-3-7-11)17-12-8-4-5-9-13(12)18-14/h1-9,14H. The molecular weight excluding hydrogens is 240 g/mol. The molecule has 0 bridgehead atoms. The second kappa shape index (κ2) is 4.67. The van der Waals surface area contributed by atoms with Crippen LogP contribution in [0.4, 0.5) is 5.69 Å². The number of para-hydroxylation sites is 1. The fourth-order valence-corrected chi connectivity index (χ4v) is 2.93. The first-order chi connectivity index (χ1) is 8.88. The van der Waals surface area contributed by atoms with Crippen LogP contribution in [-0.4, -0.2) is 11.0 Å². The van der Waals surface area contributed by atoms with Crippen molar-refractivity contribution in [3.63, 3.8) is 0 Å². The summed E-state index contributed by atoms with van der Waals surface area (Å²) in [6, 6.07) is 20.2. The Morgan fingerprint density at radius 3 is 2.50 bits per heavy atom. The highest BCUT2D eigenvalue weighted by molar-refractivity contribution is 8.01. The molecule has 1 unspecified atom stereocenters. The van der Waals surface area contributed by atoms with Gasteiger partial charge >= 0.3 is 0 Å². The summed E-state index contributed by atoms with van der Waals surface area (Å²) in [4.78, 5) is 5.71. The number of fused-ring (bicyclic) bond motifs is 1. The average Bonchev–Trinajstić information content (AvgIpc) is 2.46. The van der Waals surface area contributed by atoms with Crippen LogP contribution >= 0.6 is 11.8 Å². The van der Waals surface area contributed by atoms with Gasteiger partial charge in [-0.1, -0.05) is 54.2 Å². The van der Waals surface area contributed by atoms with Crippen LogP contribution < -0.4 is 0 Å². The molecule has 86 valence electrons. The summed E-state index contributed by atoms with van der Waals surface area (Å²) in [6.07, 6.45) is 0. The van der Waals surface area contributed by atoms with Crippen molar-refractivity contribution >= 4 is 23.2 Å². The molecule has 1 aliphatic heterocycles. The number of rotatable bonds is 1. The zero-order valence-electron chi connectivity index (χ0n) is 9.58. The van der Waals surface area contributed by atoms with Crippen LogP contribution in [0.15, 0.2) is 64.5 Å². The van der Waals surface area contributed by atoms with Crippen LogP contribution in [0.25, 0.3) is 0 Å². The molecule has 2 aromatic carbocycles. The van der Waals surface area contributed by atoms with E-state index in [1.165, 1.54) is 0 Å². The highest BCUT2D eigenvalue weighted by atomic mass is 32.2. The Kier molecular flexibility index (Phi) is 2.87. The third-order valence-corrected chi connectivity index (χ3v) is 3.95. The minimum Gasteiger partial charge on any atom is -0.249 e. The van der Waals surface area contributed by atoms with E-state index in [1.807, 2.05) is 54.6 Å². The summed E-state index contributed by atoms with van der Waals surface area (Å²) in [5, 5.41) is 9.06. The summed E-state index contributed by atoms with van der Waals surface area (Å²) in [7, 11) is 0. The Morgan fingerprint density at radius 2 is 1.72 bits per heavy atom. The van der Waals surface area contributed by atoms with Gasteiger partial charge in [0.25, 0.3) is 0 Å². The van der Waals surface area contributed by atoms with Crippen molar-refractivity contribution in [3.05, 3.63) is 60.2 Å². The number of nitrogens with zero attached hydrogens (tertiary/aromatic N) is 2. The molecule has 2 nitrogen and oxygen atoms in total. The number of hydrogen-bond acceptors (Lipinski definition) is 3. The van der Waals surface area contributed by atoms with E-state index >= 15 is 0 Å². The van der Waals surface area contributed by atoms with E-state index in [0.717, 1.165) is 21.9 Å². The van der Waals surface area contributed by atoms with Crippen molar-refractivity contribution in [3.8, 4) is 6.07 Å². The second-order valence-corrected chi connectivity index (χ2v) is 5.10. The maximum atomic E-state index is 9.30. The maximum absolute atomic E-state index is 9.30. The molecule has 3 rings (SSSR count). The molecule has 1 aliphatic rings. The number of aliphatic imine (C=N–C) groups is 1. The van der Waals surface area contributed by atoms with Crippen molar-refractivity contribution < 1.29 is 0 Å². The summed E-state index contributed by atoms with van der Waals surface area (Å²) in [5.74, 6) is 0. The van der Waals surface area contributed by atoms with Gasteiger partial charge in [-0.05, 0) is 17.7 Å². The first kappa shape index (κ1) is 11.1. The molecule has 0 saturated carbocycles. The molecule has 0 aliphatic carbocycles. The lowest BCUT2D eigenvalue weighted by molar-refractivity contribution is 1.28. The van der Waals surface area contributed by atoms with Gasteiger partial charge in [0.15, 0.2) is 0 Å². The van der Waals surface area contributed by atoms with Gasteiger partial charge in [-0.3, -0.25) is 0 Å². The predicted octanol–water partition coefficient (Wildman–Crippen LogP) is 3.81. The van der Waals surface area contributed by atoms with E-state index in [9.17, 15) is 5.26 Å². The normalized spacial score (nSPS) is 17.5. The summed E-state index contributed by atoms with van der Waals surface area (Å²) >= 11 is 1.57. The Balaban J connectivity index is 2.13. The minimum atomic E-state index is -0.234. The number of hydrogen-bond donors (Lipinski definition) is 0. The lowest BCUT2D eigenvalue weighted by Gasteiger charge is -2.19. The molecule has 3 heteroatoms. The Bertz CT molecular complexity index is 641. The smallest absolute Gasteiger partial charge is 0.139 e. The van der Waals surface area contributed by atoms with E-state index in [4.69, 9.17) is 0 Å². The molecule has 1 heterocycles. The minimum absolute atomic E-state index is 0.234. The Morgan fingerprint density at radius 1 is 1.00 bits per heavy atom. The predicted molar refractivity (Wildman–Crippen MR) is 74.3 cm³/mol. The van der Waals surface area contributed by atoms with Gasteiger partial charge in [-0.2, -0.15) is 5.26 Å². The summed E-state index contributed by atoms with van der Waals surface area (Å²) < 4.78 is 0. The molecule has 2 aromatic rings. The third-order valence-electron chi connectivity index (χ3n) is 2.79. The first-order valence-electron chi connectivity index (χ1n) is 5.68. The summed E-state index contributed by atoms with van der Waals surface area (Å²) in [5.41, 5.74) is 2.82. The van der Waals surface area contributed by atoms with Gasteiger partial charge in [-0.15, -0.1) is 0 Å². The monoisotopic (exact) mass is 250 g/mol. The molecule has 0 radical (unpaired) electrons. The van der Waals surface area contributed by atoms with Gasteiger partial charge in [0, 0.05) is 4.90 Å². The zero-order valence-corrected chi connectivity index (χ0v) is 10.4.